The zero-order chi connectivity index (χ0) is 23.9. The molecule has 3 aromatic rings. The van der Waals surface area contributed by atoms with Crippen LogP contribution >= 0.6 is 0 Å². The Labute approximate surface area is 187 Å². The number of anilines is 1. The van der Waals surface area contributed by atoms with Crippen LogP contribution in [0.25, 0.3) is 5.69 Å². The van der Waals surface area contributed by atoms with Crippen LogP contribution in [-0.2, 0) is 6.42 Å². The fourth-order valence-corrected chi connectivity index (χ4v) is 3.86. The number of aromatic nitrogens is 3. The molecule has 0 saturated heterocycles. The van der Waals surface area contributed by atoms with E-state index in [-0.39, 0.29) is 28.5 Å². The van der Waals surface area contributed by atoms with Crippen molar-refractivity contribution in [1.29, 1.82) is 0 Å². The first kappa shape index (κ1) is 22.8. The number of alkyl halides is 3. The van der Waals surface area contributed by atoms with Crippen molar-refractivity contribution in [2.24, 2.45) is 5.92 Å². The van der Waals surface area contributed by atoms with Crippen molar-refractivity contribution < 1.29 is 27.1 Å². The SMILES string of the molecule is COc1ccc(-n2cnc(C(C)C)n2)cc1C(=O)N1C[C@H](C(F)(F)F)Cc2c(F)cccc21. The molecule has 4 rings (SSSR count). The van der Waals surface area contributed by atoms with Crippen LogP contribution in [0.1, 0.15) is 41.5 Å². The number of carbonyl (C=O) groups is 1. The number of halogens is 4. The molecule has 1 aliphatic rings. The maximum absolute atomic E-state index is 14.4. The van der Waals surface area contributed by atoms with Crippen molar-refractivity contribution in [3.05, 3.63) is 65.5 Å². The third kappa shape index (κ3) is 4.29. The summed E-state index contributed by atoms with van der Waals surface area (Å²) in [5, 5.41) is 4.38. The molecule has 0 radical (unpaired) electrons. The summed E-state index contributed by atoms with van der Waals surface area (Å²) in [6, 6.07) is 8.60. The topological polar surface area (TPSA) is 60.2 Å². The van der Waals surface area contributed by atoms with Gasteiger partial charge < -0.3 is 9.64 Å². The number of carbonyl (C=O) groups excluding carboxylic acids is 1. The molecule has 174 valence electrons. The number of benzene rings is 2. The van der Waals surface area contributed by atoms with E-state index in [1.165, 1.54) is 42.4 Å². The van der Waals surface area contributed by atoms with Crippen LogP contribution in [0, 0.1) is 11.7 Å². The number of fused-ring (bicyclic) bond motifs is 1. The van der Waals surface area contributed by atoms with E-state index in [4.69, 9.17) is 4.74 Å². The van der Waals surface area contributed by atoms with E-state index in [1.54, 1.807) is 6.07 Å². The fraction of sp³-hybridized carbons (Fsp3) is 0.348. The first-order valence-corrected chi connectivity index (χ1v) is 10.4. The van der Waals surface area contributed by atoms with Gasteiger partial charge in [0.2, 0.25) is 0 Å². The van der Waals surface area contributed by atoms with Gasteiger partial charge in [-0.05, 0) is 36.8 Å². The van der Waals surface area contributed by atoms with Crippen molar-refractivity contribution in [2.75, 3.05) is 18.6 Å². The quantitative estimate of drug-likeness (QED) is 0.517. The van der Waals surface area contributed by atoms with Gasteiger partial charge in [0, 0.05) is 18.0 Å². The number of ether oxygens (including phenoxy) is 1. The zero-order valence-electron chi connectivity index (χ0n) is 18.2. The van der Waals surface area contributed by atoms with Crippen LogP contribution in [0.5, 0.6) is 5.75 Å². The van der Waals surface area contributed by atoms with E-state index in [0.717, 1.165) is 11.0 Å². The van der Waals surface area contributed by atoms with Gasteiger partial charge in [-0.15, -0.1) is 0 Å². The second kappa shape index (κ2) is 8.49. The summed E-state index contributed by atoms with van der Waals surface area (Å²) in [6.45, 7) is 3.26. The second-order valence-electron chi connectivity index (χ2n) is 8.18. The Morgan fingerprint density at radius 2 is 1.97 bits per heavy atom. The smallest absolute Gasteiger partial charge is 0.393 e. The molecule has 1 atom stereocenters. The van der Waals surface area contributed by atoms with Crippen LogP contribution < -0.4 is 9.64 Å². The predicted octanol–water partition coefficient (Wildman–Crippen LogP) is 4.92. The molecule has 0 N–H and O–H groups in total. The van der Waals surface area contributed by atoms with Crippen molar-refractivity contribution in [3.63, 3.8) is 0 Å². The van der Waals surface area contributed by atoms with Crippen molar-refractivity contribution in [1.82, 2.24) is 14.8 Å². The molecule has 0 bridgehead atoms. The van der Waals surface area contributed by atoms with E-state index >= 15 is 0 Å². The minimum Gasteiger partial charge on any atom is -0.496 e. The van der Waals surface area contributed by atoms with Crippen molar-refractivity contribution >= 4 is 11.6 Å². The molecular formula is C23H22F4N4O2. The molecule has 1 amide bonds. The molecule has 10 heteroatoms. The molecule has 0 spiro atoms. The first-order valence-electron chi connectivity index (χ1n) is 10.4. The van der Waals surface area contributed by atoms with E-state index < -0.39 is 36.8 Å². The van der Waals surface area contributed by atoms with Gasteiger partial charge in [-0.25, -0.2) is 14.1 Å². The van der Waals surface area contributed by atoms with Gasteiger partial charge in [0.15, 0.2) is 5.82 Å². The van der Waals surface area contributed by atoms with Crippen LogP contribution in [0.15, 0.2) is 42.7 Å². The third-order valence-corrected chi connectivity index (χ3v) is 5.65. The Kier molecular flexibility index (Phi) is 5.85. The molecule has 1 aliphatic heterocycles. The van der Waals surface area contributed by atoms with Crippen LogP contribution in [0.4, 0.5) is 23.2 Å². The Morgan fingerprint density at radius 3 is 2.61 bits per heavy atom. The average molecular weight is 462 g/mol. The molecule has 6 nitrogen and oxygen atoms in total. The minimum absolute atomic E-state index is 0.0367. The summed E-state index contributed by atoms with van der Waals surface area (Å²) in [5.74, 6) is -2.51. The normalized spacial score (nSPS) is 16.1. The highest BCUT2D eigenvalue weighted by Crippen LogP contribution is 2.40. The lowest BCUT2D eigenvalue weighted by Crippen LogP contribution is -2.45. The summed E-state index contributed by atoms with van der Waals surface area (Å²) < 4.78 is 62.0. The number of methoxy groups -OCH3 is 1. The van der Waals surface area contributed by atoms with Gasteiger partial charge in [0.25, 0.3) is 5.91 Å². The Balaban J connectivity index is 1.78. The molecule has 0 saturated carbocycles. The van der Waals surface area contributed by atoms with Gasteiger partial charge >= 0.3 is 6.18 Å². The zero-order valence-corrected chi connectivity index (χ0v) is 18.2. The van der Waals surface area contributed by atoms with Gasteiger partial charge in [-0.1, -0.05) is 19.9 Å². The van der Waals surface area contributed by atoms with Crippen LogP contribution in [0.2, 0.25) is 0 Å². The molecule has 2 aromatic carbocycles. The third-order valence-electron chi connectivity index (χ3n) is 5.65. The van der Waals surface area contributed by atoms with Gasteiger partial charge in [-0.2, -0.15) is 18.3 Å². The van der Waals surface area contributed by atoms with Crippen LogP contribution in [0.3, 0.4) is 0 Å². The average Bonchev–Trinajstić information content (AvgIpc) is 3.28. The molecule has 0 aliphatic carbocycles. The molecule has 0 fully saturated rings. The van der Waals surface area contributed by atoms with E-state index in [1.807, 2.05) is 13.8 Å². The van der Waals surface area contributed by atoms with Gasteiger partial charge in [0.05, 0.1) is 30.0 Å². The summed E-state index contributed by atoms with van der Waals surface area (Å²) in [7, 11) is 1.36. The van der Waals surface area contributed by atoms with E-state index in [0.29, 0.717) is 11.5 Å². The van der Waals surface area contributed by atoms with Gasteiger partial charge in [-0.3, -0.25) is 4.79 Å². The monoisotopic (exact) mass is 462 g/mol. The van der Waals surface area contributed by atoms with Crippen molar-refractivity contribution in [3.8, 4) is 11.4 Å². The van der Waals surface area contributed by atoms with Crippen molar-refractivity contribution in [2.45, 2.75) is 32.4 Å². The van der Waals surface area contributed by atoms with Crippen LogP contribution in [-0.4, -0.2) is 40.5 Å². The molecule has 0 unspecified atom stereocenters. The Bertz CT molecular complexity index is 1190. The molecule has 1 aromatic heterocycles. The molecule has 33 heavy (non-hydrogen) atoms. The number of nitrogens with zero attached hydrogens (tertiary/aromatic N) is 4. The Morgan fingerprint density at radius 1 is 1.21 bits per heavy atom. The first-order chi connectivity index (χ1) is 15.6. The minimum atomic E-state index is -4.58. The largest absolute Gasteiger partial charge is 0.496 e. The highest BCUT2D eigenvalue weighted by Gasteiger charge is 2.45. The lowest BCUT2D eigenvalue weighted by molar-refractivity contribution is -0.172. The summed E-state index contributed by atoms with van der Waals surface area (Å²) >= 11 is 0. The predicted molar refractivity (Wildman–Crippen MR) is 113 cm³/mol. The van der Waals surface area contributed by atoms with E-state index in [2.05, 4.69) is 10.1 Å². The highest BCUT2D eigenvalue weighted by atomic mass is 19.4. The summed E-state index contributed by atoms with van der Waals surface area (Å²) in [5.41, 5.74) is 0.514. The summed E-state index contributed by atoms with van der Waals surface area (Å²) in [6.07, 6.45) is -3.61. The Hall–Kier alpha value is -3.43. The van der Waals surface area contributed by atoms with E-state index in [9.17, 15) is 22.4 Å². The molecular weight excluding hydrogens is 440 g/mol. The number of hydrogen-bond acceptors (Lipinski definition) is 4. The number of hydrogen-bond donors (Lipinski definition) is 0. The second-order valence-corrected chi connectivity index (χ2v) is 8.18. The summed E-state index contributed by atoms with van der Waals surface area (Å²) in [4.78, 5) is 18.7. The molecule has 2 heterocycles. The van der Waals surface area contributed by atoms with Gasteiger partial charge in [0.1, 0.15) is 17.9 Å². The fourth-order valence-electron chi connectivity index (χ4n) is 3.86. The number of amides is 1. The number of rotatable bonds is 4. The highest BCUT2D eigenvalue weighted by molar-refractivity contribution is 6.09. The maximum Gasteiger partial charge on any atom is 0.393 e. The standard InChI is InChI=1S/C23H22F4N4O2/c1-13(2)21-28-12-31(29-21)15-7-8-20(33-3)17(10-15)22(32)30-11-14(23(25,26)27)9-16-18(24)5-4-6-19(16)30/h4-8,10,12-14H,9,11H2,1-3H3/t14-/m1/s1. The lowest BCUT2D eigenvalue weighted by atomic mass is 9.91. The lowest BCUT2D eigenvalue weighted by Gasteiger charge is -2.35. The maximum atomic E-state index is 14.4.